The summed E-state index contributed by atoms with van der Waals surface area (Å²) < 4.78 is 10.1. The molecule has 1 rings (SSSR count). The molecule has 0 saturated heterocycles. The molecule has 0 spiro atoms. The fourth-order valence-electron chi connectivity index (χ4n) is 1.85. The van der Waals surface area contributed by atoms with Gasteiger partial charge in [0, 0.05) is 13.5 Å². The predicted octanol–water partition coefficient (Wildman–Crippen LogP) is 3.46. The van der Waals surface area contributed by atoms with Gasteiger partial charge in [0.1, 0.15) is 11.4 Å². The second kappa shape index (κ2) is 8.41. The van der Waals surface area contributed by atoms with Gasteiger partial charge in [-0.3, -0.25) is 4.79 Å². The van der Waals surface area contributed by atoms with Gasteiger partial charge >= 0.3 is 12.1 Å². The van der Waals surface area contributed by atoms with Gasteiger partial charge in [0.15, 0.2) is 0 Å². The van der Waals surface area contributed by atoms with Crippen molar-refractivity contribution >= 4 is 12.1 Å². The van der Waals surface area contributed by atoms with E-state index in [2.05, 4.69) is 5.32 Å². The van der Waals surface area contributed by atoms with Gasteiger partial charge in [-0.15, -0.1) is 0 Å². The number of ether oxygens (including phenoxy) is 2. The lowest BCUT2D eigenvalue weighted by Gasteiger charge is -2.19. The summed E-state index contributed by atoms with van der Waals surface area (Å²) in [4.78, 5) is 22.3. The molecule has 122 valence electrons. The van der Waals surface area contributed by atoms with Crippen LogP contribution in [0.1, 0.15) is 46.1 Å². The Hall–Kier alpha value is -2.04. The van der Waals surface area contributed by atoms with Crippen LogP contribution >= 0.6 is 0 Å². The van der Waals surface area contributed by atoms with Crippen LogP contribution in [-0.4, -0.2) is 24.2 Å². The number of amides is 1. The van der Waals surface area contributed by atoms with Crippen molar-refractivity contribution in [1.29, 1.82) is 0 Å². The monoisotopic (exact) mass is 307 g/mol. The SMILES string of the molecule is CC(=O)Oc1ccc(CCCCNC(=O)OC(C)(C)C)cc1. The first-order valence-electron chi connectivity index (χ1n) is 7.50. The summed E-state index contributed by atoms with van der Waals surface area (Å²) in [5, 5.41) is 2.74. The molecule has 0 radical (unpaired) electrons. The summed E-state index contributed by atoms with van der Waals surface area (Å²) in [6, 6.07) is 7.46. The Balaban J connectivity index is 2.19. The lowest BCUT2D eigenvalue weighted by atomic mass is 10.1. The van der Waals surface area contributed by atoms with Gasteiger partial charge in [0.25, 0.3) is 0 Å². The van der Waals surface area contributed by atoms with Crippen LogP contribution in [0.4, 0.5) is 4.79 Å². The van der Waals surface area contributed by atoms with Crippen molar-refractivity contribution in [3.05, 3.63) is 29.8 Å². The number of carbonyl (C=O) groups is 2. The van der Waals surface area contributed by atoms with Crippen LogP contribution in [0.3, 0.4) is 0 Å². The second-order valence-corrected chi connectivity index (χ2v) is 6.12. The third kappa shape index (κ3) is 8.29. The minimum absolute atomic E-state index is 0.319. The standard InChI is InChI=1S/C17H25NO4/c1-13(19)21-15-10-8-14(9-11-15)7-5-6-12-18-16(20)22-17(2,3)4/h8-11H,5-7,12H2,1-4H3,(H,18,20). The first-order chi connectivity index (χ1) is 10.3. The zero-order valence-electron chi connectivity index (χ0n) is 13.8. The Morgan fingerprint density at radius 3 is 2.27 bits per heavy atom. The molecule has 1 N–H and O–H groups in total. The molecule has 0 aliphatic heterocycles. The molecule has 0 unspecified atom stereocenters. The summed E-state index contributed by atoms with van der Waals surface area (Å²) in [5.41, 5.74) is 0.710. The van der Waals surface area contributed by atoms with E-state index in [0.29, 0.717) is 12.3 Å². The maximum atomic E-state index is 11.4. The highest BCUT2D eigenvalue weighted by molar-refractivity contribution is 5.69. The third-order valence-electron chi connectivity index (χ3n) is 2.75. The second-order valence-electron chi connectivity index (χ2n) is 6.12. The molecule has 0 aliphatic carbocycles. The minimum Gasteiger partial charge on any atom is -0.444 e. The molecule has 0 heterocycles. The Bertz CT molecular complexity index is 488. The number of rotatable bonds is 6. The van der Waals surface area contributed by atoms with Crippen LogP contribution in [0, 0.1) is 0 Å². The zero-order valence-corrected chi connectivity index (χ0v) is 13.8. The molecule has 0 saturated carbocycles. The number of aryl methyl sites for hydroxylation is 1. The van der Waals surface area contributed by atoms with Crippen LogP contribution in [0.5, 0.6) is 5.75 Å². The normalized spacial score (nSPS) is 10.9. The van der Waals surface area contributed by atoms with E-state index >= 15 is 0 Å². The highest BCUT2D eigenvalue weighted by Gasteiger charge is 2.15. The number of unbranched alkanes of at least 4 members (excludes halogenated alkanes) is 1. The molecule has 22 heavy (non-hydrogen) atoms. The van der Waals surface area contributed by atoms with E-state index in [1.54, 1.807) is 12.1 Å². The Kier molecular flexibility index (Phi) is 6.89. The average Bonchev–Trinajstić information content (AvgIpc) is 2.37. The van der Waals surface area contributed by atoms with Crippen LogP contribution in [0.15, 0.2) is 24.3 Å². The molecule has 0 fully saturated rings. The molecule has 0 atom stereocenters. The maximum Gasteiger partial charge on any atom is 0.407 e. The van der Waals surface area contributed by atoms with Gasteiger partial charge in [-0.05, 0) is 57.7 Å². The smallest absolute Gasteiger partial charge is 0.407 e. The van der Waals surface area contributed by atoms with Crippen molar-refractivity contribution in [1.82, 2.24) is 5.32 Å². The largest absolute Gasteiger partial charge is 0.444 e. The van der Waals surface area contributed by atoms with Crippen LogP contribution in [-0.2, 0) is 16.0 Å². The molecule has 0 aliphatic rings. The van der Waals surface area contributed by atoms with E-state index in [1.807, 2.05) is 32.9 Å². The number of hydrogen-bond donors (Lipinski definition) is 1. The van der Waals surface area contributed by atoms with Crippen LogP contribution in [0.25, 0.3) is 0 Å². The van der Waals surface area contributed by atoms with E-state index in [1.165, 1.54) is 12.5 Å². The van der Waals surface area contributed by atoms with E-state index in [0.717, 1.165) is 19.3 Å². The lowest BCUT2D eigenvalue weighted by Crippen LogP contribution is -2.33. The lowest BCUT2D eigenvalue weighted by molar-refractivity contribution is -0.131. The van der Waals surface area contributed by atoms with Gasteiger partial charge in [-0.25, -0.2) is 4.79 Å². The molecule has 0 bridgehead atoms. The number of benzene rings is 1. The molecule has 1 aromatic rings. The van der Waals surface area contributed by atoms with Gasteiger partial charge in [0.2, 0.25) is 0 Å². The zero-order chi connectivity index (χ0) is 16.6. The summed E-state index contributed by atoms with van der Waals surface area (Å²) in [7, 11) is 0. The van der Waals surface area contributed by atoms with Crippen molar-refractivity contribution < 1.29 is 19.1 Å². The first kappa shape index (κ1) is 18.0. The number of nitrogens with one attached hydrogen (secondary N) is 1. The van der Waals surface area contributed by atoms with Crippen LogP contribution < -0.4 is 10.1 Å². The van der Waals surface area contributed by atoms with E-state index in [-0.39, 0.29) is 12.1 Å². The van der Waals surface area contributed by atoms with Gasteiger partial charge in [-0.2, -0.15) is 0 Å². The van der Waals surface area contributed by atoms with Gasteiger partial charge in [0.05, 0.1) is 0 Å². The van der Waals surface area contributed by atoms with Crippen molar-refractivity contribution in [2.75, 3.05) is 6.54 Å². The minimum atomic E-state index is -0.465. The predicted molar refractivity (Wildman–Crippen MR) is 84.9 cm³/mol. The summed E-state index contributed by atoms with van der Waals surface area (Å²) in [5.74, 6) is 0.240. The summed E-state index contributed by atoms with van der Waals surface area (Å²) in [6.07, 6.45) is 2.38. The number of hydrogen-bond acceptors (Lipinski definition) is 4. The molecular formula is C17H25NO4. The number of carbonyl (C=O) groups excluding carboxylic acids is 2. The maximum absolute atomic E-state index is 11.4. The van der Waals surface area contributed by atoms with E-state index in [4.69, 9.17) is 9.47 Å². The van der Waals surface area contributed by atoms with Crippen molar-refractivity contribution in [3.8, 4) is 5.75 Å². The number of alkyl carbamates (subject to hydrolysis) is 1. The van der Waals surface area contributed by atoms with E-state index in [9.17, 15) is 9.59 Å². The topological polar surface area (TPSA) is 64.6 Å². The van der Waals surface area contributed by atoms with E-state index < -0.39 is 5.60 Å². The fourth-order valence-corrected chi connectivity index (χ4v) is 1.85. The average molecular weight is 307 g/mol. The van der Waals surface area contributed by atoms with Crippen LogP contribution in [0.2, 0.25) is 0 Å². The summed E-state index contributed by atoms with van der Waals surface area (Å²) in [6.45, 7) is 7.50. The molecule has 1 amide bonds. The molecule has 0 aromatic heterocycles. The molecule has 1 aromatic carbocycles. The highest BCUT2D eigenvalue weighted by Crippen LogP contribution is 2.14. The summed E-state index contributed by atoms with van der Waals surface area (Å²) >= 11 is 0. The van der Waals surface area contributed by atoms with Crippen molar-refractivity contribution in [3.63, 3.8) is 0 Å². The van der Waals surface area contributed by atoms with Crippen molar-refractivity contribution in [2.24, 2.45) is 0 Å². The van der Waals surface area contributed by atoms with Crippen molar-refractivity contribution in [2.45, 2.75) is 52.6 Å². The fraction of sp³-hybridized carbons (Fsp3) is 0.529. The molecule has 5 heteroatoms. The molecular weight excluding hydrogens is 282 g/mol. The quantitative estimate of drug-likeness (QED) is 0.496. The highest BCUT2D eigenvalue weighted by atomic mass is 16.6. The first-order valence-corrected chi connectivity index (χ1v) is 7.50. The third-order valence-corrected chi connectivity index (χ3v) is 2.75. The Morgan fingerprint density at radius 1 is 1.09 bits per heavy atom. The molecule has 5 nitrogen and oxygen atoms in total. The number of esters is 1. The van der Waals surface area contributed by atoms with Gasteiger partial charge in [-0.1, -0.05) is 12.1 Å². The van der Waals surface area contributed by atoms with Gasteiger partial charge < -0.3 is 14.8 Å². The Morgan fingerprint density at radius 2 is 1.73 bits per heavy atom. The Labute approximate surface area is 132 Å².